The van der Waals surface area contributed by atoms with Crippen molar-refractivity contribution in [3.05, 3.63) is 106 Å². The van der Waals surface area contributed by atoms with E-state index in [1.165, 1.54) is 23.4 Å². The molecule has 67 heavy (non-hydrogen) atoms. The fourth-order valence-electron chi connectivity index (χ4n) is 10.6. The Hall–Kier alpha value is -6.13. The minimum atomic E-state index is -4.90. The predicted octanol–water partition coefficient (Wildman–Crippen LogP) is 7.95. The summed E-state index contributed by atoms with van der Waals surface area (Å²) in [6.07, 6.45) is 9.94. The third-order valence-electron chi connectivity index (χ3n) is 14.5. The number of nitro groups is 1. The van der Waals surface area contributed by atoms with Gasteiger partial charge in [0.25, 0.3) is 15.9 Å². The average molecular weight is 932 g/mol. The molecule has 0 unspecified atom stereocenters. The number of anilines is 2. The van der Waals surface area contributed by atoms with Gasteiger partial charge >= 0.3 is 5.69 Å². The van der Waals surface area contributed by atoms with Gasteiger partial charge in [0, 0.05) is 61.6 Å². The number of hydrogen-bond acceptors (Lipinski definition) is 14. The van der Waals surface area contributed by atoms with E-state index < -0.39 is 42.7 Å². The van der Waals surface area contributed by atoms with Gasteiger partial charge in [-0.05, 0) is 111 Å². The predicted molar refractivity (Wildman–Crippen MR) is 252 cm³/mol. The van der Waals surface area contributed by atoms with Crippen LogP contribution in [0.3, 0.4) is 0 Å². The highest BCUT2D eigenvalue weighted by Crippen LogP contribution is 2.53. The Morgan fingerprint density at radius 2 is 1.85 bits per heavy atom. The standard InChI is InChI=1S/C49H57N9O8S/c1-31(2)37-6-4-5-7-38(37)42-30-65-21-20-57(42)35-25-49(26-35)15-18-56(19-16-49)34-8-9-39(43(23-34)66-36-22-33-12-17-51-45(33)53-29-36)47(59)55-67(63,64)44-24-41(58(61)62)46(54-40(44)27-50)52-28-32-10-13-48(3,60)14-11-32/h4-9,12,17,22-24,29,31-32,35,42,60H,10-11,13-16,18-21,25-26,28,30H2,1-3H3,(H,51,53)(H,52,54)(H,55,59)/t32-,42-,48-/m0/s1. The van der Waals surface area contributed by atoms with Gasteiger partial charge in [0.2, 0.25) is 5.82 Å². The molecular formula is C49H57N9O8S. The number of pyridine rings is 2. The molecule has 17 nitrogen and oxygen atoms in total. The van der Waals surface area contributed by atoms with Crippen molar-refractivity contribution < 1.29 is 32.7 Å². The number of hydrogen-bond donors (Lipinski definition) is 4. The van der Waals surface area contributed by atoms with Crippen LogP contribution in [0.5, 0.6) is 11.5 Å². The van der Waals surface area contributed by atoms with Crippen LogP contribution in [0.15, 0.2) is 78.0 Å². The summed E-state index contributed by atoms with van der Waals surface area (Å²) in [5, 5.41) is 36.3. The fraction of sp³-hybridized carbons (Fsp3) is 0.469. The van der Waals surface area contributed by atoms with Crippen LogP contribution in [0.4, 0.5) is 17.2 Å². The smallest absolute Gasteiger partial charge is 0.312 e. The number of amides is 1. The molecule has 5 heterocycles. The van der Waals surface area contributed by atoms with Crippen molar-refractivity contribution in [3.8, 4) is 17.6 Å². The van der Waals surface area contributed by atoms with Gasteiger partial charge in [-0.3, -0.25) is 19.8 Å². The summed E-state index contributed by atoms with van der Waals surface area (Å²) in [4.78, 5) is 41.2. The molecule has 0 bridgehead atoms. The van der Waals surface area contributed by atoms with Crippen LogP contribution >= 0.6 is 0 Å². The monoisotopic (exact) mass is 931 g/mol. The van der Waals surface area contributed by atoms with Crippen LogP contribution in [0.2, 0.25) is 0 Å². The summed E-state index contributed by atoms with van der Waals surface area (Å²) in [7, 11) is -4.90. The number of fused-ring (bicyclic) bond motifs is 1. The van der Waals surface area contributed by atoms with Crippen molar-refractivity contribution >= 4 is 44.2 Å². The van der Waals surface area contributed by atoms with Gasteiger partial charge in [0.1, 0.15) is 28.1 Å². The van der Waals surface area contributed by atoms with Crippen molar-refractivity contribution in [2.45, 2.75) is 101 Å². The molecule has 2 saturated heterocycles. The van der Waals surface area contributed by atoms with Crippen LogP contribution < -0.4 is 19.7 Å². The molecule has 1 amide bonds. The van der Waals surface area contributed by atoms with Crippen LogP contribution in [-0.4, -0.2) is 95.2 Å². The number of nitriles is 1. The number of H-pyrrole nitrogens is 1. The maximum atomic E-state index is 14.1. The molecule has 4 N–H and O–H groups in total. The normalized spacial score (nSPS) is 22.3. The van der Waals surface area contributed by atoms with E-state index in [9.17, 15) is 33.7 Å². The van der Waals surface area contributed by atoms with Gasteiger partial charge in [0.05, 0.1) is 41.5 Å². The number of sulfonamides is 1. The molecular weight excluding hydrogens is 875 g/mol. The fourth-order valence-corrected chi connectivity index (χ4v) is 11.7. The van der Waals surface area contributed by atoms with Crippen molar-refractivity contribution in [1.29, 1.82) is 5.26 Å². The third kappa shape index (κ3) is 9.69. The largest absolute Gasteiger partial charge is 0.455 e. The summed E-state index contributed by atoms with van der Waals surface area (Å²) < 4.78 is 42.3. The number of carbonyl (C=O) groups is 1. The van der Waals surface area contributed by atoms with Crippen LogP contribution in [0, 0.1) is 32.8 Å². The molecule has 0 radical (unpaired) electrons. The van der Waals surface area contributed by atoms with Crippen molar-refractivity contribution in [3.63, 3.8) is 0 Å². The van der Waals surface area contributed by atoms with Crippen molar-refractivity contribution in [1.82, 2.24) is 24.6 Å². The number of ether oxygens (including phenoxy) is 2. The number of piperidine rings is 1. The Bertz CT molecular complexity index is 2820. The number of morpholine rings is 1. The van der Waals surface area contributed by atoms with E-state index in [-0.39, 0.29) is 41.1 Å². The number of aromatic nitrogens is 3. The molecule has 1 spiro atoms. The topological polar surface area (TPSA) is 229 Å². The van der Waals surface area contributed by atoms with Gasteiger partial charge in [-0.25, -0.2) is 23.1 Å². The van der Waals surface area contributed by atoms with Gasteiger partial charge in [-0.15, -0.1) is 0 Å². The lowest BCUT2D eigenvalue weighted by Gasteiger charge is -2.57. The van der Waals surface area contributed by atoms with E-state index in [0.717, 1.165) is 69.1 Å². The minimum Gasteiger partial charge on any atom is -0.455 e. The van der Waals surface area contributed by atoms with Gasteiger partial charge in [-0.2, -0.15) is 5.26 Å². The van der Waals surface area contributed by atoms with Crippen LogP contribution in [0.25, 0.3) is 11.0 Å². The molecule has 18 heteroatoms. The van der Waals surface area contributed by atoms with E-state index in [4.69, 9.17) is 9.47 Å². The highest BCUT2D eigenvalue weighted by molar-refractivity contribution is 7.90. The number of rotatable bonds is 13. The highest BCUT2D eigenvalue weighted by atomic mass is 32.2. The lowest BCUT2D eigenvalue weighted by atomic mass is 9.59. The number of nitrogens with zero attached hydrogens (tertiary/aromatic N) is 6. The summed E-state index contributed by atoms with van der Waals surface area (Å²) >= 11 is 0. The third-order valence-corrected chi connectivity index (χ3v) is 15.8. The first kappa shape index (κ1) is 46.0. The van der Waals surface area contributed by atoms with E-state index in [0.29, 0.717) is 55.6 Å². The van der Waals surface area contributed by atoms with Gasteiger partial charge < -0.3 is 29.8 Å². The number of aliphatic hydroxyl groups is 1. The van der Waals surface area contributed by atoms with E-state index in [1.807, 2.05) is 10.8 Å². The maximum Gasteiger partial charge on any atom is 0.312 e. The number of aromatic amines is 1. The van der Waals surface area contributed by atoms with E-state index in [2.05, 4.69) is 68.2 Å². The van der Waals surface area contributed by atoms with Crippen molar-refractivity contribution in [2.24, 2.45) is 11.3 Å². The zero-order chi connectivity index (χ0) is 47.1. The molecule has 352 valence electrons. The zero-order valence-corrected chi connectivity index (χ0v) is 38.9. The highest BCUT2D eigenvalue weighted by Gasteiger charge is 2.50. The Kier molecular flexibility index (Phi) is 12.7. The Morgan fingerprint density at radius 3 is 2.58 bits per heavy atom. The number of benzene rings is 2. The second kappa shape index (κ2) is 18.5. The Labute approximate surface area is 390 Å². The first-order valence-electron chi connectivity index (χ1n) is 23.2. The Balaban J connectivity index is 0.921. The van der Waals surface area contributed by atoms with Gasteiger partial charge in [0.15, 0.2) is 5.69 Å². The minimum absolute atomic E-state index is 0.0688. The Morgan fingerprint density at radius 1 is 1.09 bits per heavy atom. The SMILES string of the molecule is CC(C)c1ccccc1[C@@H]1COCCN1C1CC2(CCN(c3ccc(C(=O)NS(=O)(=O)c4cc([N+](=O)[O-])c(NC[C@H]5CC[C@](C)(O)CC5)nc4C#N)c(Oc4cnc5[nH]ccc5c4)c3)CC2)C1. The first-order chi connectivity index (χ1) is 32.1. The summed E-state index contributed by atoms with van der Waals surface area (Å²) in [5.41, 5.74) is 2.20. The summed E-state index contributed by atoms with van der Waals surface area (Å²) in [6.45, 7) is 10.4. The maximum absolute atomic E-state index is 14.1. The quantitative estimate of drug-likeness (QED) is 0.0649. The molecule has 9 rings (SSSR count). The second-order valence-electron chi connectivity index (χ2n) is 19.4. The molecule has 2 aliphatic carbocycles. The lowest BCUT2D eigenvalue weighted by molar-refractivity contribution is -0.384. The van der Waals surface area contributed by atoms with Crippen LogP contribution in [0.1, 0.15) is 111 Å². The van der Waals surface area contributed by atoms with Gasteiger partial charge in [-0.1, -0.05) is 38.1 Å². The van der Waals surface area contributed by atoms with E-state index >= 15 is 0 Å². The zero-order valence-electron chi connectivity index (χ0n) is 38.0. The summed E-state index contributed by atoms with van der Waals surface area (Å²) in [5.74, 6) is -0.463. The molecule has 2 aromatic carbocycles. The van der Waals surface area contributed by atoms with Crippen LogP contribution in [-0.2, 0) is 14.8 Å². The van der Waals surface area contributed by atoms with E-state index in [1.54, 1.807) is 37.4 Å². The molecule has 5 aromatic rings. The first-order valence-corrected chi connectivity index (χ1v) is 24.6. The van der Waals surface area contributed by atoms with Crippen molar-refractivity contribution in [2.75, 3.05) is 49.6 Å². The molecule has 3 aromatic heterocycles. The lowest BCUT2D eigenvalue weighted by Crippen LogP contribution is -2.58. The summed E-state index contributed by atoms with van der Waals surface area (Å²) in [6, 6.07) is 20.5. The molecule has 1 atom stereocenters. The molecule has 2 saturated carbocycles. The molecule has 4 aliphatic rings. The molecule has 2 aliphatic heterocycles. The number of carbonyl (C=O) groups excluding carboxylic acids is 1. The average Bonchev–Trinajstić information content (AvgIpc) is 3.78. The molecule has 4 fully saturated rings. The number of nitrogens with one attached hydrogen (secondary N) is 3. The second-order valence-corrected chi connectivity index (χ2v) is 21.0.